The van der Waals surface area contributed by atoms with Gasteiger partial charge >= 0.3 is 0 Å². The van der Waals surface area contributed by atoms with Crippen molar-refractivity contribution in [3.63, 3.8) is 0 Å². The molecule has 1 fully saturated rings. The fourth-order valence-corrected chi connectivity index (χ4v) is 4.70. The Kier molecular flexibility index (Phi) is 7.03. The molecule has 0 radical (unpaired) electrons. The third kappa shape index (κ3) is 4.56. The molecule has 2 heterocycles. The lowest BCUT2D eigenvalue weighted by atomic mass is 9.99. The molecular formula is C27H26FN3O2S. The molecule has 1 saturated heterocycles. The number of aromatic nitrogens is 1. The van der Waals surface area contributed by atoms with Crippen LogP contribution >= 0.6 is 0 Å². The summed E-state index contributed by atoms with van der Waals surface area (Å²) in [5, 5.41) is 4.89. The van der Waals surface area contributed by atoms with Crippen molar-refractivity contribution in [2.75, 3.05) is 21.9 Å². The van der Waals surface area contributed by atoms with Crippen molar-refractivity contribution < 1.29 is 13.4 Å². The molecule has 1 N–H and O–H groups in total. The van der Waals surface area contributed by atoms with Crippen molar-refractivity contribution in [1.82, 2.24) is 4.98 Å². The van der Waals surface area contributed by atoms with Gasteiger partial charge in [-0.25, -0.2) is 8.60 Å². The molecule has 0 bridgehead atoms. The topological polar surface area (TPSA) is 62.3 Å². The van der Waals surface area contributed by atoms with Gasteiger partial charge in [-0.05, 0) is 54.3 Å². The Balaban J connectivity index is 0.00000133. The Hall–Kier alpha value is -3.58. The Morgan fingerprint density at radius 1 is 1.06 bits per heavy atom. The van der Waals surface area contributed by atoms with Crippen molar-refractivity contribution in [1.29, 1.82) is 0 Å². The molecule has 0 saturated carbocycles. The first-order valence-corrected chi connectivity index (χ1v) is 12.5. The number of nitrogens with one attached hydrogen (secondary N) is 1. The third-order valence-corrected chi connectivity index (χ3v) is 7.04. The lowest BCUT2D eigenvalue weighted by Gasteiger charge is -2.31. The Bertz CT molecular complexity index is 1380. The molecule has 5 nitrogen and oxygen atoms in total. The maximum atomic E-state index is 14.6. The average molecular weight is 476 g/mol. The van der Waals surface area contributed by atoms with Crippen LogP contribution in [0.25, 0.3) is 22.0 Å². The van der Waals surface area contributed by atoms with Gasteiger partial charge in [-0.15, -0.1) is 0 Å². The van der Waals surface area contributed by atoms with Gasteiger partial charge in [0.1, 0.15) is 16.8 Å². The monoisotopic (exact) mass is 475 g/mol. The summed E-state index contributed by atoms with van der Waals surface area (Å²) in [5.41, 5.74) is 3.75. The maximum Gasteiger partial charge on any atom is 0.258 e. The van der Waals surface area contributed by atoms with E-state index in [1.54, 1.807) is 22.6 Å². The van der Waals surface area contributed by atoms with Crippen LogP contribution in [0.1, 0.15) is 29.8 Å². The number of pyridine rings is 1. The Morgan fingerprint density at radius 2 is 1.85 bits per heavy atom. The standard InChI is InChI=1S/C25H20FN3O2S.C2H6/c1-16-6-7-18(14-22(16)24-20-5-3-2-4-17(20)10-11-27-24)28-25(30)21-9-8-19(15-23(21)26)29-12-13-32(29)31;1-2/h2-11,14-15H,12-13H2,1H3,(H,28,30);1-2H3. The highest BCUT2D eigenvalue weighted by Crippen LogP contribution is 2.31. The predicted molar refractivity (Wildman–Crippen MR) is 138 cm³/mol. The minimum Gasteiger partial charge on any atom is -0.322 e. The van der Waals surface area contributed by atoms with Gasteiger partial charge in [-0.1, -0.05) is 44.2 Å². The van der Waals surface area contributed by atoms with Crippen LogP contribution in [0.3, 0.4) is 0 Å². The molecular weight excluding hydrogens is 449 g/mol. The lowest BCUT2D eigenvalue weighted by Crippen LogP contribution is -2.42. The van der Waals surface area contributed by atoms with Crippen LogP contribution in [0, 0.1) is 12.7 Å². The van der Waals surface area contributed by atoms with Gasteiger partial charge in [0, 0.05) is 29.4 Å². The largest absolute Gasteiger partial charge is 0.322 e. The Labute approximate surface area is 201 Å². The zero-order chi connectivity index (χ0) is 24.2. The number of carbonyl (C=O) groups is 1. The molecule has 7 heteroatoms. The third-order valence-electron chi connectivity index (χ3n) is 5.62. The number of hydrogen-bond donors (Lipinski definition) is 1. The lowest BCUT2D eigenvalue weighted by molar-refractivity contribution is 0.102. The number of benzene rings is 3. The number of fused-ring (bicyclic) bond motifs is 1. The van der Waals surface area contributed by atoms with Gasteiger partial charge in [0.2, 0.25) is 0 Å². The van der Waals surface area contributed by atoms with E-state index in [-0.39, 0.29) is 5.56 Å². The quantitative estimate of drug-likeness (QED) is 0.387. The fraction of sp³-hybridized carbons (Fsp3) is 0.185. The second-order valence-corrected chi connectivity index (χ2v) is 9.15. The second-order valence-electron chi connectivity index (χ2n) is 7.66. The van der Waals surface area contributed by atoms with Gasteiger partial charge < -0.3 is 5.32 Å². The summed E-state index contributed by atoms with van der Waals surface area (Å²) in [6.45, 7) is 6.61. The van der Waals surface area contributed by atoms with Gasteiger partial charge in [-0.2, -0.15) is 0 Å². The molecule has 1 amide bonds. The average Bonchev–Trinajstić information content (AvgIpc) is 2.85. The first-order chi connectivity index (χ1) is 16.5. The van der Waals surface area contributed by atoms with Gasteiger partial charge in [-0.3, -0.25) is 14.1 Å². The van der Waals surface area contributed by atoms with Crippen molar-refractivity contribution >= 4 is 39.0 Å². The first kappa shape index (κ1) is 23.6. The highest BCUT2D eigenvalue weighted by Gasteiger charge is 2.25. The molecule has 5 rings (SSSR count). The van der Waals surface area contributed by atoms with Crippen molar-refractivity contribution in [3.05, 3.63) is 89.9 Å². The number of anilines is 2. The smallest absolute Gasteiger partial charge is 0.258 e. The van der Waals surface area contributed by atoms with E-state index in [2.05, 4.69) is 10.3 Å². The fourth-order valence-electron chi connectivity index (χ4n) is 3.83. The summed E-state index contributed by atoms with van der Waals surface area (Å²) in [4.78, 5) is 17.3. The molecule has 1 aliphatic rings. The molecule has 34 heavy (non-hydrogen) atoms. The predicted octanol–water partition coefficient (Wildman–Crippen LogP) is 6.11. The number of halogens is 1. The van der Waals surface area contributed by atoms with E-state index in [1.165, 1.54) is 12.1 Å². The van der Waals surface area contributed by atoms with E-state index in [1.807, 2.05) is 63.2 Å². The van der Waals surface area contributed by atoms with E-state index < -0.39 is 22.7 Å². The number of rotatable bonds is 4. The Morgan fingerprint density at radius 3 is 2.56 bits per heavy atom. The molecule has 0 spiro atoms. The molecule has 1 aliphatic heterocycles. The molecule has 4 aromatic rings. The molecule has 1 atom stereocenters. The number of aryl methyl sites for hydroxylation is 1. The highest BCUT2D eigenvalue weighted by atomic mass is 32.2. The molecule has 3 aromatic carbocycles. The van der Waals surface area contributed by atoms with Gasteiger partial charge in [0.25, 0.3) is 5.91 Å². The summed E-state index contributed by atoms with van der Waals surface area (Å²) in [7, 11) is -1.11. The van der Waals surface area contributed by atoms with Crippen LogP contribution in [-0.2, 0) is 11.0 Å². The van der Waals surface area contributed by atoms with Crippen molar-refractivity contribution in [2.24, 2.45) is 0 Å². The number of nitrogens with zero attached hydrogens (tertiary/aromatic N) is 2. The normalized spacial score (nSPS) is 14.7. The summed E-state index contributed by atoms with van der Waals surface area (Å²) in [5.74, 6) is -0.614. The molecule has 1 aromatic heterocycles. The zero-order valence-corrected chi connectivity index (χ0v) is 20.2. The van der Waals surface area contributed by atoms with Crippen LogP contribution < -0.4 is 9.62 Å². The summed E-state index contributed by atoms with van der Waals surface area (Å²) < 4.78 is 27.9. The van der Waals surface area contributed by atoms with E-state index >= 15 is 0 Å². The highest BCUT2D eigenvalue weighted by molar-refractivity contribution is 7.88. The molecule has 174 valence electrons. The van der Waals surface area contributed by atoms with E-state index in [9.17, 15) is 13.4 Å². The van der Waals surface area contributed by atoms with Crippen molar-refractivity contribution in [2.45, 2.75) is 20.8 Å². The first-order valence-electron chi connectivity index (χ1n) is 11.2. The number of hydrogen-bond acceptors (Lipinski definition) is 3. The SMILES string of the molecule is CC.Cc1ccc(NC(=O)c2ccc(N3CCS3=O)cc2F)cc1-c1nccc2ccccc12. The summed E-state index contributed by atoms with van der Waals surface area (Å²) >= 11 is 0. The van der Waals surface area contributed by atoms with Gasteiger partial charge in [0.05, 0.1) is 22.7 Å². The number of carbonyl (C=O) groups excluding carboxylic acids is 1. The van der Waals surface area contributed by atoms with Crippen molar-refractivity contribution in [3.8, 4) is 11.3 Å². The minimum absolute atomic E-state index is 0.0644. The van der Waals surface area contributed by atoms with E-state index in [0.717, 1.165) is 27.6 Å². The molecule has 0 aliphatic carbocycles. The molecule has 1 unspecified atom stereocenters. The zero-order valence-electron chi connectivity index (χ0n) is 19.3. The number of amides is 1. The van der Waals surface area contributed by atoms with E-state index in [4.69, 9.17) is 0 Å². The second kappa shape index (κ2) is 10.1. The summed E-state index contributed by atoms with van der Waals surface area (Å²) in [6, 6.07) is 19.8. The van der Waals surface area contributed by atoms with Crippen LogP contribution in [0.2, 0.25) is 0 Å². The van der Waals surface area contributed by atoms with Crippen LogP contribution in [0.15, 0.2) is 72.9 Å². The maximum absolute atomic E-state index is 14.6. The van der Waals surface area contributed by atoms with E-state index in [0.29, 0.717) is 23.7 Å². The van der Waals surface area contributed by atoms with Crippen LogP contribution in [0.4, 0.5) is 15.8 Å². The van der Waals surface area contributed by atoms with Crippen LogP contribution in [-0.4, -0.2) is 27.4 Å². The summed E-state index contributed by atoms with van der Waals surface area (Å²) in [6.07, 6.45) is 1.77. The van der Waals surface area contributed by atoms with Crippen LogP contribution in [0.5, 0.6) is 0 Å². The minimum atomic E-state index is -1.11. The van der Waals surface area contributed by atoms with Gasteiger partial charge in [0.15, 0.2) is 0 Å².